The molecule has 4 rings (SSSR count). The number of ether oxygens (including phenoxy) is 2. The van der Waals surface area contributed by atoms with E-state index in [9.17, 15) is 18.0 Å². The van der Waals surface area contributed by atoms with Crippen molar-refractivity contribution < 1.29 is 27.4 Å². The summed E-state index contributed by atoms with van der Waals surface area (Å²) in [4.78, 5) is 31.2. The van der Waals surface area contributed by atoms with Gasteiger partial charge in [0, 0.05) is 30.6 Å². The Morgan fingerprint density at radius 3 is 2.31 bits per heavy atom. The zero-order valence-corrected chi connectivity index (χ0v) is 17.1. The average Bonchev–Trinajstić information content (AvgIpc) is 3.07. The van der Waals surface area contributed by atoms with E-state index in [4.69, 9.17) is 9.47 Å². The summed E-state index contributed by atoms with van der Waals surface area (Å²) in [6, 6.07) is 5.20. The van der Waals surface area contributed by atoms with E-state index in [1.54, 1.807) is 6.07 Å². The molecule has 3 heterocycles. The van der Waals surface area contributed by atoms with Crippen molar-refractivity contribution in [3.63, 3.8) is 0 Å². The van der Waals surface area contributed by atoms with Crippen LogP contribution in [0.5, 0.6) is 11.5 Å². The number of aromatic nitrogens is 4. The van der Waals surface area contributed by atoms with Gasteiger partial charge in [-0.3, -0.25) is 9.69 Å². The van der Waals surface area contributed by atoms with Gasteiger partial charge in [0.15, 0.2) is 23.1 Å². The van der Waals surface area contributed by atoms with Gasteiger partial charge in [-0.05, 0) is 36.2 Å². The Kier molecular flexibility index (Phi) is 5.64. The molecule has 0 spiro atoms. The lowest BCUT2D eigenvalue weighted by Crippen LogP contribution is -2.29. The number of halogens is 3. The first-order valence-electron chi connectivity index (χ1n) is 9.59. The number of nitrogens with zero attached hydrogens (tertiary/aromatic N) is 5. The van der Waals surface area contributed by atoms with Crippen LogP contribution in [0, 0.1) is 0 Å². The van der Waals surface area contributed by atoms with Crippen molar-refractivity contribution in [2.45, 2.75) is 25.1 Å². The van der Waals surface area contributed by atoms with Crippen molar-refractivity contribution in [2.24, 2.45) is 0 Å². The molecule has 166 valence electrons. The van der Waals surface area contributed by atoms with Crippen molar-refractivity contribution in [1.82, 2.24) is 19.9 Å². The molecule has 0 radical (unpaired) electrons. The van der Waals surface area contributed by atoms with Gasteiger partial charge in [0.2, 0.25) is 0 Å². The van der Waals surface area contributed by atoms with Crippen molar-refractivity contribution in [1.29, 1.82) is 0 Å². The topological polar surface area (TPSA) is 90.3 Å². The van der Waals surface area contributed by atoms with Gasteiger partial charge < -0.3 is 9.47 Å². The number of carbonyl (C=O) groups excluding carboxylic acids is 1. The molecule has 0 fully saturated rings. The Bertz CT molecular complexity index is 1140. The number of methoxy groups -OCH3 is 2. The molecule has 1 unspecified atom stereocenters. The molecule has 1 aliphatic heterocycles. The van der Waals surface area contributed by atoms with E-state index in [0.29, 0.717) is 17.1 Å². The van der Waals surface area contributed by atoms with E-state index in [1.807, 2.05) is 0 Å². The highest BCUT2D eigenvalue weighted by molar-refractivity contribution is 6.11. The van der Waals surface area contributed by atoms with Crippen LogP contribution in [0.3, 0.4) is 0 Å². The van der Waals surface area contributed by atoms with Crippen molar-refractivity contribution in [2.75, 3.05) is 19.1 Å². The molecule has 1 amide bonds. The molecule has 0 aliphatic carbocycles. The monoisotopic (exact) mass is 445 g/mol. The van der Waals surface area contributed by atoms with E-state index < -0.39 is 24.5 Å². The molecular weight excluding hydrogens is 427 g/mol. The van der Waals surface area contributed by atoms with Gasteiger partial charge in [0.1, 0.15) is 5.82 Å². The van der Waals surface area contributed by atoms with Crippen LogP contribution in [0.2, 0.25) is 0 Å². The van der Waals surface area contributed by atoms with Crippen LogP contribution in [0.1, 0.15) is 34.8 Å². The molecule has 0 N–H and O–H groups in total. The Labute approximate surface area is 181 Å². The van der Waals surface area contributed by atoms with Gasteiger partial charge in [-0.1, -0.05) is 0 Å². The third-order valence-electron chi connectivity index (χ3n) is 5.03. The minimum atomic E-state index is -4.39. The number of hydrogen-bond acceptors (Lipinski definition) is 7. The van der Waals surface area contributed by atoms with Crippen molar-refractivity contribution >= 4 is 11.7 Å². The lowest BCUT2D eigenvalue weighted by molar-refractivity contribution is -0.136. The molecule has 3 aromatic rings. The largest absolute Gasteiger partial charge is 0.493 e. The zero-order valence-electron chi connectivity index (χ0n) is 17.1. The quantitative estimate of drug-likeness (QED) is 0.567. The summed E-state index contributed by atoms with van der Waals surface area (Å²) in [6.07, 6.45) is -1.37. The van der Waals surface area contributed by atoms with Crippen LogP contribution in [0.25, 0.3) is 11.6 Å². The minimum absolute atomic E-state index is 0.147. The molecule has 1 atom stereocenters. The SMILES string of the molecule is COc1cc2c(cc1OC)C(CCC(F)(F)F)N(c1ccnc(-c3ncccn3)n1)C2=O. The van der Waals surface area contributed by atoms with Crippen LogP contribution in [-0.2, 0) is 0 Å². The summed E-state index contributed by atoms with van der Waals surface area (Å²) in [5.41, 5.74) is 0.638. The maximum Gasteiger partial charge on any atom is 0.389 e. The molecule has 0 bridgehead atoms. The highest BCUT2D eigenvalue weighted by atomic mass is 19.4. The summed E-state index contributed by atoms with van der Waals surface area (Å²) in [6.45, 7) is 0. The predicted octanol–water partition coefficient (Wildman–Crippen LogP) is 3.99. The second-order valence-corrected chi connectivity index (χ2v) is 6.95. The highest BCUT2D eigenvalue weighted by Crippen LogP contribution is 2.45. The Morgan fingerprint density at radius 1 is 1.00 bits per heavy atom. The van der Waals surface area contributed by atoms with Gasteiger partial charge in [-0.15, -0.1) is 0 Å². The van der Waals surface area contributed by atoms with Crippen LogP contribution >= 0.6 is 0 Å². The van der Waals surface area contributed by atoms with Crippen LogP contribution in [0.4, 0.5) is 19.0 Å². The van der Waals surface area contributed by atoms with Crippen LogP contribution in [-0.4, -0.2) is 46.2 Å². The zero-order chi connectivity index (χ0) is 22.9. The number of fused-ring (bicyclic) bond motifs is 1. The molecule has 2 aromatic heterocycles. The molecule has 0 saturated carbocycles. The van der Waals surface area contributed by atoms with Crippen molar-refractivity contribution in [3.05, 3.63) is 54.0 Å². The average molecular weight is 445 g/mol. The molecule has 8 nitrogen and oxygen atoms in total. The number of anilines is 1. The smallest absolute Gasteiger partial charge is 0.389 e. The van der Waals surface area contributed by atoms with Gasteiger partial charge in [-0.25, -0.2) is 19.9 Å². The number of rotatable bonds is 6. The fourth-order valence-corrected chi connectivity index (χ4v) is 3.62. The fourth-order valence-electron chi connectivity index (χ4n) is 3.62. The number of alkyl halides is 3. The van der Waals surface area contributed by atoms with Crippen LogP contribution in [0.15, 0.2) is 42.9 Å². The van der Waals surface area contributed by atoms with Crippen molar-refractivity contribution in [3.8, 4) is 23.1 Å². The standard InChI is InChI=1S/C21H18F3N5O3/c1-31-15-10-12-13(11-16(15)32-2)20(30)29(14(12)4-6-21(22,23)24)17-5-9-27-19(28-17)18-25-7-3-8-26-18/h3,5,7-11,14H,4,6H2,1-2H3. The van der Waals surface area contributed by atoms with E-state index >= 15 is 0 Å². The predicted molar refractivity (Wildman–Crippen MR) is 107 cm³/mol. The lowest BCUT2D eigenvalue weighted by Gasteiger charge is -2.25. The number of carbonyl (C=O) groups is 1. The van der Waals surface area contributed by atoms with Gasteiger partial charge in [-0.2, -0.15) is 13.2 Å². The van der Waals surface area contributed by atoms with E-state index in [0.717, 1.165) is 0 Å². The Morgan fingerprint density at radius 2 is 1.66 bits per heavy atom. The molecule has 0 saturated heterocycles. The fraction of sp³-hybridized carbons (Fsp3) is 0.286. The summed E-state index contributed by atoms with van der Waals surface area (Å²) >= 11 is 0. The van der Waals surface area contributed by atoms with E-state index in [2.05, 4.69) is 19.9 Å². The van der Waals surface area contributed by atoms with E-state index in [-0.39, 0.29) is 29.5 Å². The molecular formula is C21H18F3N5O3. The maximum absolute atomic E-state index is 13.3. The number of amides is 1. The summed E-state index contributed by atoms with van der Waals surface area (Å²) in [5, 5.41) is 0. The van der Waals surface area contributed by atoms with Gasteiger partial charge in [0.05, 0.1) is 20.3 Å². The molecule has 32 heavy (non-hydrogen) atoms. The van der Waals surface area contributed by atoms with E-state index in [1.165, 1.54) is 55.9 Å². The summed E-state index contributed by atoms with van der Waals surface area (Å²) in [7, 11) is 2.83. The maximum atomic E-state index is 13.3. The first kappa shape index (κ1) is 21.5. The normalized spacial score (nSPS) is 15.6. The number of hydrogen-bond donors (Lipinski definition) is 0. The third kappa shape index (κ3) is 4.05. The molecule has 1 aliphatic rings. The highest BCUT2D eigenvalue weighted by Gasteiger charge is 2.42. The first-order chi connectivity index (χ1) is 15.3. The first-order valence-corrected chi connectivity index (χ1v) is 9.59. The lowest BCUT2D eigenvalue weighted by atomic mass is 9.99. The molecule has 11 heteroatoms. The van der Waals surface area contributed by atoms with Crippen LogP contribution < -0.4 is 14.4 Å². The second kappa shape index (κ2) is 8.40. The minimum Gasteiger partial charge on any atom is -0.493 e. The molecule has 1 aromatic carbocycles. The van der Waals surface area contributed by atoms with Gasteiger partial charge >= 0.3 is 6.18 Å². The third-order valence-corrected chi connectivity index (χ3v) is 5.03. The Hall–Kier alpha value is -3.76. The summed E-state index contributed by atoms with van der Waals surface area (Å²) < 4.78 is 49.8. The Balaban J connectivity index is 1.80. The number of benzene rings is 1. The summed E-state index contributed by atoms with van der Waals surface area (Å²) in [5.74, 6) is 0.654. The second-order valence-electron chi connectivity index (χ2n) is 6.95. The van der Waals surface area contributed by atoms with Gasteiger partial charge in [0.25, 0.3) is 5.91 Å².